The van der Waals surface area contributed by atoms with E-state index in [4.69, 9.17) is 0 Å². The Morgan fingerprint density at radius 2 is 1.60 bits per heavy atom. The summed E-state index contributed by atoms with van der Waals surface area (Å²) in [6, 6.07) is 4.13. The van der Waals surface area contributed by atoms with E-state index in [1.807, 2.05) is 4.90 Å². The molecule has 1 aromatic heterocycles. The zero-order valence-electron chi connectivity index (χ0n) is 18.4. The van der Waals surface area contributed by atoms with Crippen LogP contribution in [0.15, 0.2) is 12.1 Å². The number of carbonyl (C=O) groups is 1. The van der Waals surface area contributed by atoms with E-state index in [2.05, 4.69) is 48.0 Å². The molecule has 3 aliphatic rings. The Labute approximate surface area is 179 Å². The molecule has 2 unspecified atom stereocenters. The Kier molecular flexibility index (Phi) is 5.55. The standard InChI is InChI=1S/C21H33N5O3S/c1-21(2,3)18-5-6-19(23-22-18)24-11-16-13-25(14-17(16)12-24)20(27)15-7-9-26(10-8-15)30(4,28)29/h5-6,15-17H,7-14H2,1-4H3. The van der Waals surface area contributed by atoms with Gasteiger partial charge in [-0.3, -0.25) is 4.79 Å². The molecule has 9 heteroatoms. The van der Waals surface area contributed by atoms with Gasteiger partial charge in [0.2, 0.25) is 15.9 Å². The molecule has 0 saturated carbocycles. The Bertz CT molecular complexity index is 874. The summed E-state index contributed by atoms with van der Waals surface area (Å²) < 4.78 is 24.9. The molecule has 1 aromatic rings. The SMILES string of the molecule is CC(C)(C)c1ccc(N2CC3CN(C(=O)C4CCN(S(C)(=O)=O)CC4)CC3C2)nn1. The van der Waals surface area contributed by atoms with Crippen LogP contribution in [-0.4, -0.2) is 79.3 Å². The van der Waals surface area contributed by atoms with Crippen molar-refractivity contribution in [2.45, 2.75) is 39.0 Å². The van der Waals surface area contributed by atoms with Gasteiger partial charge in [-0.05, 0) is 25.0 Å². The fourth-order valence-electron chi connectivity index (χ4n) is 4.95. The van der Waals surface area contributed by atoms with Gasteiger partial charge in [-0.2, -0.15) is 5.10 Å². The van der Waals surface area contributed by atoms with Gasteiger partial charge in [-0.1, -0.05) is 20.8 Å². The first-order valence-electron chi connectivity index (χ1n) is 10.9. The second-order valence-corrected chi connectivity index (χ2v) is 12.1. The quantitative estimate of drug-likeness (QED) is 0.712. The average molecular weight is 436 g/mol. The lowest BCUT2D eigenvalue weighted by Gasteiger charge is -2.32. The Hall–Kier alpha value is -1.74. The van der Waals surface area contributed by atoms with Crippen molar-refractivity contribution in [3.8, 4) is 0 Å². The number of nitrogens with zero attached hydrogens (tertiary/aromatic N) is 5. The van der Waals surface area contributed by atoms with Crippen molar-refractivity contribution >= 4 is 21.7 Å². The maximum atomic E-state index is 13.0. The van der Waals surface area contributed by atoms with E-state index in [1.54, 1.807) is 0 Å². The molecule has 4 heterocycles. The van der Waals surface area contributed by atoms with Crippen LogP contribution in [0.3, 0.4) is 0 Å². The predicted octanol–water partition coefficient (Wildman–Crippen LogP) is 1.34. The fraction of sp³-hybridized carbons (Fsp3) is 0.762. The van der Waals surface area contributed by atoms with Crippen molar-refractivity contribution in [3.05, 3.63) is 17.8 Å². The fourth-order valence-corrected chi connectivity index (χ4v) is 5.82. The average Bonchev–Trinajstić information content (AvgIpc) is 3.25. The number of sulfonamides is 1. The molecule has 1 amide bonds. The normalized spacial score (nSPS) is 26.3. The molecule has 0 bridgehead atoms. The van der Waals surface area contributed by atoms with Crippen molar-refractivity contribution in [1.82, 2.24) is 19.4 Å². The van der Waals surface area contributed by atoms with E-state index in [0.29, 0.717) is 37.8 Å². The van der Waals surface area contributed by atoms with Crippen molar-refractivity contribution in [2.24, 2.45) is 17.8 Å². The Morgan fingerprint density at radius 3 is 2.07 bits per heavy atom. The summed E-state index contributed by atoms with van der Waals surface area (Å²) >= 11 is 0. The molecule has 30 heavy (non-hydrogen) atoms. The van der Waals surface area contributed by atoms with Gasteiger partial charge in [0.05, 0.1) is 11.9 Å². The first-order valence-corrected chi connectivity index (χ1v) is 12.7. The number of anilines is 1. The smallest absolute Gasteiger partial charge is 0.225 e. The molecule has 2 atom stereocenters. The second-order valence-electron chi connectivity index (χ2n) is 10.1. The van der Waals surface area contributed by atoms with Crippen LogP contribution in [0, 0.1) is 17.8 Å². The van der Waals surface area contributed by atoms with Gasteiger partial charge in [0.25, 0.3) is 0 Å². The number of piperidine rings is 1. The van der Waals surface area contributed by atoms with E-state index in [1.165, 1.54) is 10.6 Å². The van der Waals surface area contributed by atoms with Crippen LogP contribution >= 0.6 is 0 Å². The summed E-state index contributed by atoms with van der Waals surface area (Å²) in [6.07, 6.45) is 2.49. The highest BCUT2D eigenvalue weighted by Gasteiger charge is 2.43. The summed E-state index contributed by atoms with van der Waals surface area (Å²) in [5, 5.41) is 8.86. The summed E-state index contributed by atoms with van der Waals surface area (Å²) in [6.45, 7) is 10.7. The van der Waals surface area contributed by atoms with Crippen LogP contribution in [0.25, 0.3) is 0 Å². The Morgan fingerprint density at radius 1 is 1.00 bits per heavy atom. The summed E-state index contributed by atoms with van der Waals surface area (Å²) in [5.74, 6) is 2.01. The van der Waals surface area contributed by atoms with Crippen LogP contribution < -0.4 is 4.90 Å². The lowest BCUT2D eigenvalue weighted by Crippen LogP contribution is -2.44. The summed E-state index contributed by atoms with van der Waals surface area (Å²) in [7, 11) is -3.16. The number of aromatic nitrogens is 2. The third kappa shape index (κ3) is 4.32. The molecule has 3 aliphatic heterocycles. The first kappa shape index (κ1) is 21.5. The molecular weight excluding hydrogens is 402 g/mol. The number of carbonyl (C=O) groups excluding carboxylic acids is 1. The van der Waals surface area contributed by atoms with Crippen molar-refractivity contribution in [1.29, 1.82) is 0 Å². The zero-order valence-corrected chi connectivity index (χ0v) is 19.2. The van der Waals surface area contributed by atoms with E-state index in [9.17, 15) is 13.2 Å². The number of fused-ring (bicyclic) bond motifs is 1. The topological polar surface area (TPSA) is 86.7 Å². The minimum Gasteiger partial charge on any atom is -0.354 e. The molecule has 0 radical (unpaired) electrons. The van der Waals surface area contributed by atoms with Gasteiger partial charge < -0.3 is 9.80 Å². The van der Waals surface area contributed by atoms with Crippen LogP contribution in [0.1, 0.15) is 39.3 Å². The molecule has 8 nitrogen and oxygen atoms in total. The zero-order chi connectivity index (χ0) is 21.7. The number of hydrogen-bond donors (Lipinski definition) is 0. The van der Waals surface area contributed by atoms with E-state index >= 15 is 0 Å². The van der Waals surface area contributed by atoms with Gasteiger partial charge >= 0.3 is 0 Å². The van der Waals surface area contributed by atoms with Crippen molar-refractivity contribution in [2.75, 3.05) is 50.4 Å². The number of likely N-dealkylation sites (tertiary alicyclic amines) is 1. The molecule has 0 aliphatic carbocycles. The minimum atomic E-state index is -3.16. The largest absolute Gasteiger partial charge is 0.354 e. The van der Waals surface area contributed by atoms with Crippen LogP contribution in [-0.2, 0) is 20.2 Å². The molecule has 0 spiro atoms. The maximum Gasteiger partial charge on any atom is 0.225 e. The lowest BCUT2D eigenvalue weighted by molar-refractivity contribution is -0.135. The Balaban J connectivity index is 1.31. The highest BCUT2D eigenvalue weighted by atomic mass is 32.2. The molecular formula is C21H33N5O3S. The predicted molar refractivity (Wildman–Crippen MR) is 116 cm³/mol. The van der Waals surface area contributed by atoms with Gasteiger partial charge in [0, 0.05) is 62.4 Å². The second kappa shape index (κ2) is 7.75. The van der Waals surface area contributed by atoms with Crippen LogP contribution in [0.4, 0.5) is 5.82 Å². The lowest BCUT2D eigenvalue weighted by atomic mass is 9.92. The molecule has 3 fully saturated rings. The van der Waals surface area contributed by atoms with Crippen molar-refractivity contribution in [3.63, 3.8) is 0 Å². The number of rotatable bonds is 3. The molecule has 0 aromatic carbocycles. The highest BCUT2D eigenvalue weighted by molar-refractivity contribution is 7.88. The van der Waals surface area contributed by atoms with Crippen LogP contribution in [0.5, 0.6) is 0 Å². The third-order valence-corrected chi connectivity index (χ3v) is 8.12. The molecule has 166 valence electrons. The number of hydrogen-bond acceptors (Lipinski definition) is 6. The molecule has 0 N–H and O–H groups in total. The van der Waals surface area contributed by atoms with Gasteiger partial charge in [-0.15, -0.1) is 5.10 Å². The summed E-state index contributed by atoms with van der Waals surface area (Å²) in [5.41, 5.74) is 0.982. The number of amides is 1. The molecule has 3 saturated heterocycles. The van der Waals surface area contributed by atoms with Gasteiger partial charge in [-0.25, -0.2) is 12.7 Å². The maximum absolute atomic E-state index is 13.0. The van der Waals surface area contributed by atoms with Crippen LogP contribution in [0.2, 0.25) is 0 Å². The van der Waals surface area contributed by atoms with E-state index < -0.39 is 10.0 Å². The first-order chi connectivity index (χ1) is 14.0. The molecule has 4 rings (SSSR count). The monoisotopic (exact) mass is 435 g/mol. The third-order valence-electron chi connectivity index (χ3n) is 6.81. The highest BCUT2D eigenvalue weighted by Crippen LogP contribution is 2.35. The summed E-state index contributed by atoms with van der Waals surface area (Å²) in [4.78, 5) is 17.3. The van der Waals surface area contributed by atoms with E-state index in [0.717, 1.165) is 37.7 Å². The minimum absolute atomic E-state index is 0.00856. The van der Waals surface area contributed by atoms with Gasteiger partial charge in [0.1, 0.15) is 0 Å². The van der Waals surface area contributed by atoms with Gasteiger partial charge in [0.15, 0.2) is 5.82 Å². The van der Waals surface area contributed by atoms with E-state index in [-0.39, 0.29) is 17.2 Å². The van der Waals surface area contributed by atoms with Crippen molar-refractivity contribution < 1.29 is 13.2 Å².